The van der Waals surface area contributed by atoms with Crippen molar-refractivity contribution in [2.24, 2.45) is 5.10 Å². The van der Waals surface area contributed by atoms with Gasteiger partial charge < -0.3 is 0 Å². The predicted octanol–water partition coefficient (Wildman–Crippen LogP) is 2.70. The molecule has 1 aromatic heterocycles. The van der Waals surface area contributed by atoms with E-state index < -0.39 is 0 Å². The van der Waals surface area contributed by atoms with E-state index in [-0.39, 0.29) is 5.71 Å². The van der Waals surface area contributed by atoms with Gasteiger partial charge >= 0.3 is 0 Å². The Labute approximate surface area is 108 Å². The number of para-hydroxylation sites is 1. The van der Waals surface area contributed by atoms with E-state index in [1.165, 1.54) is 6.20 Å². The second kappa shape index (κ2) is 5.13. The molecule has 0 atom stereocenters. The van der Waals surface area contributed by atoms with E-state index in [9.17, 15) is 0 Å². The molecule has 0 fully saturated rings. The normalized spacial score (nSPS) is 9.28. The molecule has 0 radical (unpaired) electrons. The molecule has 2 aromatic rings. The first-order chi connectivity index (χ1) is 8.74. The van der Waals surface area contributed by atoms with Crippen LogP contribution in [0.1, 0.15) is 0 Å². The second-order valence-corrected chi connectivity index (χ2v) is 3.76. The molecule has 1 N–H and O–H groups in total. The van der Waals surface area contributed by atoms with Crippen LogP contribution in [0.3, 0.4) is 0 Å². The van der Waals surface area contributed by atoms with Gasteiger partial charge in [-0.3, -0.25) is 10.4 Å². The maximum absolute atomic E-state index is 8.58. The van der Waals surface area contributed by atoms with E-state index >= 15 is 0 Å². The van der Waals surface area contributed by atoms with Crippen molar-refractivity contribution in [2.45, 2.75) is 0 Å². The summed E-state index contributed by atoms with van der Waals surface area (Å²) in [7, 11) is 0. The lowest BCUT2D eigenvalue weighted by atomic mass is 10.2. The maximum atomic E-state index is 8.58. The van der Waals surface area contributed by atoms with Crippen LogP contribution in [0.5, 0.6) is 0 Å². The van der Waals surface area contributed by atoms with Gasteiger partial charge in [0.1, 0.15) is 12.1 Å². The molecular weight excluding hydrogens is 250 g/mol. The molecule has 2 rings (SSSR count). The number of rotatable bonds is 2. The quantitative estimate of drug-likeness (QED) is 0.660. The minimum atomic E-state index is -0.249. The molecule has 1 heterocycles. The Morgan fingerprint density at radius 1 is 1.33 bits per heavy atom. The number of benzene rings is 1. The van der Waals surface area contributed by atoms with E-state index in [4.69, 9.17) is 22.1 Å². The van der Waals surface area contributed by atoms with Gasteiger partial charge in [0.15, 0.2) is 0 Å². The minimum Gasteiger partial charge on any atom is -0.274 e. The van der Waals surface area contributed by atoms with Crippen molar-refractivity contribution < 1.29 is 0 Å². The van der Waals surface area contributed by atoms with Gasteiger partial charge in [0, 0.05) is 11.6 Å². The van der Waals surface area contributed by atoms with Gasteiger partial charge in [-0.2, -0.15) is 15.6 Å². The van der Waals surface area contributed by atoms with Crippen molar-refractivity contribution in [1.29, 1.82) is 10.5 Å². The van der Waals surface area contributed by atoms with Crippen molar-refractivity contribution in [3.8, 4) is 12.1 Å². The molecule has 18 heavy (non-hydrogen) atoms. The number of nitriles is 2. The number of pyridine rings is 1. The smallest absolute Gasteiger partial charge is 0.237 e. The fourth-order valence-electron chi connectivity index (χ4n) is 1.42. The molecule has 0 aliphatic carbocycles. The van der Waals surface area contributed by atoms with Gasteiger partial charge in [-0.1, -0.05) is 23.7 Å². The predicted molar refractivity (Wildman–Crippen MR) is 69.0 cm³/mol. The Hall–Kier alpha value is -2.63. The molecule has 5 nitrogen and oxygen atoms in total. The highest BCUT2D eigenvalue weighted by molar-refractivity contribution is 6.31. The Bertz CT molecular complexity index is 692. The fraction of sp³-hybridized carbons (Fsp3) is 0. The number of anilines is 1. The van der Waals surface area contributed by atoms with Crippen LogP contribution in [0.2, 0.25) is 5.02 Å². The lowest BCUT2D eigenvalue weighted by molar-refractivity contribution is 1.32. The molecule has 86 valence electrons. The van der Waals surface area contributed by atoms with Crippen LogP contribution in [-0.4, -0.2) is 10.7 Å². The highest BCUT2D eigenvalue weighted by atomic mass is 35.5. The van der Waals surface area contributed by atoms with Gasteiger partial charge in [0.05, 0.1) is 16.2 Å². The number of hydrogen-bond acceptors (Lipinski definition) is 5. The van der Waals surface area contributed by atoms with Gasteiger partial charge in [-0.05, 0) is 12.1 Å². The summed E-state index contributed by atoms with van der Waals surface area (Å²) in [4.78, 5) is 4.18. The molecule has 1 aromatic carbocycles. The third-order valence-electron chi connectivity index (χ3n) is 2.18. The Morgan fingerprint density at radius 2 is 2.11 bits per heavy atom. The summed E-state index contributed by atoms with van der Waals surface area (Å²) in [5.41, 5.74) is 3.67. The average Bonchev–Trinajstić information content (AvgIpc) is 2.39. The summed E-state index contributed by atoms with van der Waals surface area (Å²) in [5.74, 6) is 0. The average molecular weight is 256 g/mol. The SMILES string of the molecule is N#CC(C#N)=NNc1cccc2cc(Cl)cnc12. The third kappa shape index (κ3) is 2.37. The first kappa shape index (κ1) is 11.8. The van der Waals surface area contributed by atoms with Gasteiger partial charge in [-0.25, -0.2) is 0 Å². The summed E-state index contributed by atoms with van der Waals surface area (Å²) in [6.45, 7) is 0. The maximum Gasteiger partial charge on any atom is 0.237 e. The van der Waals surface area contributed by atoms with E-state index in [2.05, 4.69) is 15.5 Å². The van der Waals surface area contributed by atoms with Crippen molar-refractivity contribution in [3.63, 3.8) is 0 Å². The van der Waals surface area contributed by atoms with E-state index in [1.54, 1.807) is 30.3 Å². The summed E-state index contributed by atoms with van der Waals surface area (Å²) in [5, 5.41) is 22.2. The van der Waals surface area contributed by atoms with Crippen LogP contribution >= 0.6 is 11.6 Å². The van der Waals surface area contributed by atoms with Crippen LogP contribution in [0.15, 0.2) is 35.6 Å². The zero-order valence-electron chi connectivity index (χ0n) is 9.05. The largest absolute Gasteiger partial charge is 0.274 e. The van der Waals surface area contributed by atoms with Crippen molar-refractivity contribution in [1.82, 2.24) is 4.98 Å². The molecule has 0 aliphatic heterocycles. The summed E-state index contributed by atoms with van der Waals surface area (Å²) >= 11 is 5.85. The number of nitrogens with zero attached hydrogens (tertiary/aromatic N) is 4. The van der Waals surface area contributed by atoms with Gasteiger partial charge in [-0.15, -0.1) is 0 Å². The van der Waals surface area contributed by atoms with Crippen LogP contribution < -0.4 is 5.43 Å². The highest BCUT2D eigenvalue weighted by Gasteiger charge is 2.02. The lowest BCUT2D eigenvalue weighted by Gasteiger charge is -2.04. The molecule has 0 bridgehead atoms. The monoisotopic (exact) mass is 255 g/mol. The van der Waals surface area contributed by atoms with Crippen molar-refractivity contribution in [2.75, 3.05) is 5.43 Å². The first-order valence-corrected chi connectivity index (χ1v) is 5.30. The summed E-state index contributed by atoms with van der Waals surface area (Å²) in [6.07, 6.45) is 1.52. The third-order valence-corrected chi connectivity index (χ3v) is 2.38. The Kier molecular flexibility index (Phi) is 3.38. The highest BCUT2D eigenvalue weighted by Crippen LogP contribution is 2.23. The Morgan fingerprint density at radius 3 is 2.83 bits per heavy atom. The number of hydrazone groups is 1. The molecule has 0 saturated carbocycles. The minimum absolute atomic E-state index is 0.249. The molecular formula is C12H6ClN5. The summed E-state index contributed by atoms with van der Waals surface area (Å²) in [6, 6.07) is 10.5. The zero-order chi connectivity index (χ0) is 13.0. The van der Waals surface area contributed by atoms with Crippen LogP contribution in [0, 0.1) is 22.7 Å². The molecule has 0 aliphatic rings. The van der Waals surface area contributed by atoms with Crippen LogP contribution in [0.25, 0.3) is 10.9 Å². The van der Waals surface area contributed by atoms with Gasteiger partial charge in [0.25, 0.3) is 0 Å². The number of fused-ring (bicyclic) bond motifs is 1. The summed E-state index contributed by atoms with van der Waals surface area (Å²) < 4.78 is 0. The Balaban J connectivity index is 2.44. The number of nitrogens with one attached hydrogen (secondary N) is 1. The van der Waals surface area contributed by atoms with Crippen LogP contribution in [0.4, 0.5) is 5.69 Å². The number of aromatic nitrogens is 1. The van der Waals surface area contributed by atoms with E-state index in [0.29, 0.717) is 16.2 Å². The van der Waals surface area contributed by atoms with Crippen LogP contribution in [-0.2, 0) is 0 Å². The van der Waals surface area contributed by atoms with Crippen molar-refractivity contribution in [3.05, 3.63) is 35.5 Å². The lowest BCUT2D eigenvalue weighted by Crippen LogP contribution is -1.97. The van der Waals surface area contributed by atoms with Crippen molar-refractivity contribution >= 4 is 33.9 Å². The topological polar surface area (TPSA) is 84.9 Å². The molecule has 6 heteroatoms. The first-order valence-electron chi connectivity index (χ1n) is 4.93. The molecule has 0 amide bonds. The number of halogens is 1. The van der Waals surface area contributed by atoms with E-state index in [1.807, 2.05) is 6.07 Å². The standard InChI is InChI=1S/C12H6ClN5/c13-9-4-8-2-1-3-11(12(8)16-7-9)18-17-10(5-14)6-15/h1-4,7,18H. The molecule has 0 unspecified atom stereocenters. The fourth-order valence-corrected chi connectivity index (χ4v) is 1.58. The van der Waals surface area contributed by atoms with E-state index in [0.717, 1.165) is 5.39 Å². The van der Waals surface area contributed by atoms with Gasteiger partial charge in [0.2, 0.25) is 5.71 Å². The number of hydrogen-bond donors (Lipinski definition) is 1. The molecule has 0 saturated heterocycles. The second-order valence-electron chi connectivity index (χ2n) is 3.33. The molecule has 0 spiro atoms. The zero-order valence-corrected chi connectivity index (χ0v) is 9.81.